The second-order valence-electron chi connectivity index (χ2n) is 10.2. The summed E-state index contributed by atoms with van der Waals surface area (Å²) in [6.45, 7) is 1.42. The minimum atomic E-state index is -0.266. The van der Waals surface area contributed by atoms with E-state index in [0.717, 1.165) is 56.2 Å². The van der Waals surface area contributed by atoms with Crippen LogP contribution in [-0.2, 0) is 15.1 Å². The molecule has 1 aromatic heterocycles. The zero-order valence-corrected chi connectivity index (χ0v) is 20.5. The summed E-state index contributed by atoms with van der Waals surface area (Å²) in [6, 6.07) is 4.34. The van der Waals surface area contributed by atoms with E-state index in [4.69, 9.17) is 9.73 Å². The Kier molecular flexibility index (Phi) is 5.81. The third-order valence-corrected chi connectivity index (χ3v) is 8.06. The van der Waals surface area contributed by atoms with Gasteiger partial charge in [0.05, 0.1) is 23.2 Å². The first kappa shape index (κ1) is 22.3. The first-order valence-electron chi connectivity index (χ1n) is 12.9. The van der Waals surface area contributed by atoms with Gasteiger partial charge in [0.15, 0.2) is 0 Å². The Hall–Kier alpha value is -3.18. The third kappa shape index (κ3) is 4.12. The monoisotopic (exact) mass is 467 g/mol. The fourth-order valence-corrected chi connectivity index (χ4v) is 6.06. The molecule has 0 radical (unpaired) electrons. The average molecular weight is 468 g/mol. The SMILES string of the molecule is COC1CC=C2C(=NC3(CCN(C(=O)C4=CC5=CC=CC=C(C=C4)CCC5)CC3)c3cccn32)C1. The number of fused-ring (bicyclic) bond motifs is 8. The van der Waals surface area contributed by atoms with Crippen LogP contribution in [-0.4, -0.2) is 47.4 Å². The number of likely N-dealkylation sites (tertiary alicyclic amines) is 1. The van der Waals surface area contributed by atoms with Crippen LogP contribution in [0.3, 0.4) is 0 Å². The van der Waals surface area contributed by atoms with Crippen molar-refractivity contribution in [2.45, 2.75) is 56.6 Å². The van der Waals surface area contributed by atoms with Crippen molar-refractivity contribution >= 4 is 17.3 Å². The van der Waals surface area contributed by atoms with Crippen LogP contribution < -0.4 is 0 Å². The van der Waals surface area contributed by atoms with E-state index in [0.29, 0.717) is 13.1 Å². The van der Waals surface area contributed by atoms with Gasteiger partial charge in [0.25, 0.3) is 5.91 Å². The quantitative estimate of drug-likeness (QED) is 0.577. The van der Waals surface area contributed by atoms with Crippen molar-refractivity contribution in [1.82, 2.24) is 9.47 Å². The lowest BCUT2D eigenvalue weighted by atomic mass is 9.81. The lowest BCUT2D eigenvalue weighted by molar-refractivity contribution is -0.128. The van der Waals surface area contributed by atoms with Crippen LogP contribution in [0.1, 0.15) is 50.6 Å². The summed E-state index contributed by atoms with van der Waals surface area (Å²) in [5.74, 6) is 0.129. The number of rotatable bonds is 2. The van der Waals surface area contributed by atoms with Crippen molar-refractivity contribution in [1.29, 1.82) is 0 Å². The third-order valence-electron chi connectivity index (χ3n) is 8.06. The topological polar surface area (TPSA) is 46.8 Å². The van der Waals surface area contributed by atoms with Crippen LogP contribution in [0.5, 0.6) is 0 Å². The van der Waals surface area contributed by atoms with Gasteiger partial charge in [-0.2, -0.15) is 0 Å². The molecule has 1 atom stereocenters. The smallest absolute Gasteiger partial charge is 0.253 e. The Morgan fingerprint density at radius 1 is 1.11 bits per heavy atom. The number of methoxy groups -OCH3 is 1. The molecule has 0 N–H and O–H groups in total. The molecule has 5 nitrogen and oxygen atoms in total. The van der Waals surface area contributed by atoms with E-state index < -0.39 is 0 Å². The molecule has 3 heterocycles. The predicted octanol–water partition coefficient (Wildman–Crippen LogP) is 5.50. The molecule has 1 unspecified atom stereocenters. The lowest BCUT2D eigenvalue weighted by Crippen LogP contribution is -2.47. The summed E-state index contributed by atoms with van der Waals surface area (Å²) < 4.78 is 7.98. The molecule has 1 aromatic rings. The fraction of sp³-hybridized carbons (Fsp3) is 0.400. The molecule has 2 aliphatic heterocycles. The van der Waals surface area contributed by atoms with Gasteiger partial charge in [-0.05, 0) is 74.0 Å². The minimum Gasteiger partial charge on any atom is -0.381 e. The van der Waals surface area contributed by atoms with Gasteiger partial charge >= 0.3 is 0 Å². The van der Waals surface area contributed by atoms with Crippen LogP contribution >= 0.6 is 0 Å². The average Bonchev–Trinajstić information content (AvgIpc) is 3.44. The molecule has 0 aromatic carbocycles. The highest BCUT2D eigenvalue weighted by atomic mass is 16.5. The molecule has 1 amide bonds. The highest BCUT2D eigenvalue weighted by Crippen LogP contribution is 2.44. The van der Waals surface area contributed by atoms with E-state index in [1.165, 1.54) is 22.5 Å². The van der Waals surface area contributed by atoms with Gasteiger partial charge in [-0.15, -0.1) is 0 Å². The van der Waals surface area contributed by atoms with Crippen molar-refractivity contribution in [2.24, 2.45) is 4.99 Å². The lowest BCUT2D eigenvalue weighted by Gasteiger charge is -2.44. The Balaban J connectivity index is 1.25. The highest BCUT2D eigenvalue weighted by Gasteiger charge is 2.43. The van der Waals surface area contributed by atoms with Gasteiger partial charge in [0.1, 0.15) is 5.54 Å². The maximum absolute atomic E-state index is 13.7. The Morgan fingerprint density at radius 2 is 1.91 bits per heavy atom. The summed E-state index contributed by atoms with van der Waals surface area (Å²) in [5, 5.41) is 0. The minimum absolute atomic E-state index is 0.129. The van der Waals surface area contributed by atoms with E-state index in [9.17, 15) is 4.79 Å². The standard InChI is InChI=1S/C30H33N3O2/c1-35-25-13-14-27-26(21-25)31-30(28-10-5-17-33(27)28)15-18-32(19-16-30)29(34)24-12-11-22-6-2-3-7-23(20-24)9-4-8-22/h2-3,5-7,10-12,14,17,20,25H,4,8-9,13,15-16,18-19,21H2,1H3. The number of nitrogens with zero attached hydrogens (tertiary/aromatic N) is 3. The Labute approximate surface area is 207 Å². The molecule has 35 heavy (non-hydrogen) atoms. The molecule has 180 valence electrons. The summed E-state index contributed by atoms with van der Waals surface area (Å²) in [7, 11) is 1.78. The van der Waals surface area contributed by atoms with E-state index in [1.807, 2.05) is 11.0 Å². The van der Waals surface area contributed by atoms with Gasteiger partial charge in [-0.25, -0.2) is 0 Å². The number of piperidine rings is 1. The first-order valence-corrected chi connectivity index (χ1v) is 12.9. The fourth-order valence-electron chi connectivity index (χ4n) is 6.06. The van der Waals surface area contributed by atoms with Crippen LogP contribution in [0.15, 0.2) is 88.6 Å². The second-order valence-corrected chi connectivity index (χ2v) is 10.2. The molecular formula is C30H33N3O2. The molecule has 5 heteroatoms. The van der Waals surface area contributed by atoms with Crippen LogP contribution in [0.25, 0.3) is 5.70 Å². The van der Waals surface area contributed by atoms with Gasteiger partial charge in [0, 0.05) is 38.4 Å². The number of allylic oxidation sites excluding steroid dienone is 9. The second kappa shape index (κ2) is 9.12. The van der Waals surface area contributed by atoms with Gasteiger partial charge in [-0.1, -0.05) is 36.5 Å². The highest BCUT2D eigenvalue weighted by molar-refractivity contribution is 6.20. The normalized spacial score (nSPS) is 25.0. The zero-order chi connectivity index (χ0) is 23.8. The number of carbonyl (C=O) groups is 1. The Morgan fingerprint density at radius 3 is 2.74 bits per heavy atom. The van der Waals surface area contributed by atoms with Crippen molar-refractivity contribution in [3.8, 4) is 0 Å². The first-order chi connectivity index (χ1) is 17.1. The van der Waals surface area contributed by atoms with E-state index >= 15 is 0 Å². The number of ether oxygens (including phenoxy) is 1. The molecule has 1 saturated heterocycles. The number of aliphatic imine (C=N–C) groups is 1. The largest absolute Gasteiger partial charge is 0.381 e. The van der Waals surface area contributed by atoms with Gasteiger partial charge in [-0.3, -0.25) is 9.79 Å². The van der Waals surface area contributed by atoms with E-state index in [1.54, 1.807) is 7.11 Å². The number of aromatic nitrogens is 1. The number of amides is 1. The summed E-state index contributed by atoms with van der Waals surface area (Å²) in [6.07, 6.45) is 25.9. The molecule has 0 saturated carbocycles. The van der Waals surface area contributed by atoms with E-state index in [-0.39, 0.29) is 17.6 Å². The number of carbonyl (C=O) groups excluding carboxylic acids is 1. The zero-order valence-electron chi connectivity index (χ0n) is 20.5. The number of hydrogen-bond donors (Lipinski definition) is 0. The maximum atomic E-state index is 13.7. The van der Waals surface area contributed by atoms with Gasteiger partial charge < -0.3 is 14.2 Å². The summed E-state index contributed by atoms with van der Waals surface area (Å²) >= 11 is 0. The molecule has 1 spiro atoms. The van der Waals surface area contributed by atoms with Crippen molar-refractivity contribution < 1.29 is 9.53 Å². The molecule has 5 aliphatic rings. The Bertz CT molecular complexity index is 1240. The number of hydrogen-bond acceptors (Lipinski definition) is 3. The molecule has 1 fully saturated rings. The summed E-state index contributed by atoms with van der Waals surface area (Å²) in [4.78, 5) is 21.0. The van der Waals surface area contributed by atoms with Crippen molar-refractivity contribution in [3.63, 3.8) is 0 Å². The maximum Gasteiger partial charge on any atom is 0.253 e. The summed E-state index contributed by atoms with van der Waals surface area (Å²) in [5.41, 5.74) is 6.63. The van der Waals surface area contributed by atoms with E-state index in [2.05, 4.69) is 65.4 Å². The predicted molar refractivity (Wildman–Crippen MR) is 140 cm³/mol. The van der Waals surface area contributed by atoms with Crippen molar-refractivity contribution in [2.75, 3.05) is 20.2 Å². The molecular weight excluding hydrogens is 434 g/mol. The molecule has 6 rings (SSSR count). The van der Waals surface area contributed by atoms with Crippen LogP contribution in [0.4, 0.5) is 0 Å². The molecule has 2 bridgehead atoms. The van der Waals surface area contributed by atoms with Crippen molar-refractivity contribution in [3.05, 3.63) is 89.4 Å². The van der Waals surface area contributed by atoms with Gasteiger partial charge in [0.2, 0.25) is 0 Å². The van der Waals surface area contributed by atoms with Crippen LogP contribution in [0.2, 0.25) is 0 Å². The van der Waals surface area contributed by atoms with Crippen LogP contribution in [0, 0.1) is 0 Å². The molecule has 3 aliphatic carbocycles.